The molecule has 1 N–H and O–H groups in total. The second kappa shape index (κ2) is 6.14. The monoisotopic (exact) mass is 275 g/mol. The second-order valence-corrected chi connectivity index (χ2v) is 4.99. The molecule has 0 amide bonds. The number of hydrogen-bond acceptors (Lipinski definition) is 1. The molecule has 0 bridgehead atoms. The van der Waals surface area contributed by atoms with Crippen LogP contribution in [-0.4, -0.2) is 6.54 Å². The Bertz CT molecular complexity index is 585. The van der Waals surface area contributed by atoms with E-state index in [1.54, 1.807) is 18.2 Å². The van der Waals surface area contributed by atoms with Crippen molar-refractivity contribution in [1.29, 1.82) is 0 Å². The van der Waals surface area contributed by atoms with Gasteiger partial charge in [0.2, 0.25) is 0 Å². The summed E-state index contributed by atoms with van der Waals surface area (Å²) in [7, 11) is 0. The Kier molecular flexibility index (Phi) is 4.50. The molecule has 0 saturated carbocycles. The summed E-state index contributed by atoms with van der Waals surface area (Å²) in [5, 5.41) is 3.18. The third kappa shape index (κ3) is 2.88. The SMILES string of the molecule is CCNC(c1ccccc1F)c1c(C)cc(C)cc1F. The summed E-state index contributed by atoms with van der Waals surface area (Å²) in [5.74, 6) is -0.616. The van der Waals surface area contributed by atoms with Gasteiger partial charge in [0.1, 0.15) is 11.6 Å². The number of hydrogen-bond donors (Lipinski definition) is 1. The van der Waals surface area contributed by atoms with Crippen LogP contribution in [-0.2, 0) is 0 Å². The van der Waals surface area contributed by atoms with Crippen molar-refractivity contribution >= 4 is 0 Å². The van der Waals surface area contributed by atoms with Crippen LogP contribution in [0.15, 0.2) is 36.4 Å². The highest BCUT2D eigenvalue weighted by Gasteiger charge is 2.22. The van der Waals surface area contributed by atoms with Crippen molar-refractivity contribution in [2.45, 2.75) is 26.8 Å². The van der Waals surface area contributed by atoms with Crippen LogP contribution in [0.2, 0.25) is 0 Å². The van der Waals surface area contributed by atoms with E-state index in [1.165, 1.54) is 12.1 Å². The van der Waals surface area contributed by atoms with E-state index in [2.05, 4.69) is 5.32 Å². The first-order valence-electron chi connectivity index (χ1n) is 6.79. The number of halogens is 2. The van der Waals surface area contributed by atoms with Crippen molar-refractivity contribution in [2.24, 2.45) is 0 Å². The molecule has 3 heteroatoms. The number of rotatable bonds is 4. The maximum Gasteiger partial charge on any atom is 0.128 e. The van der Waals surface area contributed by atoms with Crippen molar-refractivity contribution in [3.8, 4) is 0 Å². The summed E-state index contributed by atoms with van der Waals surface area (Å²) in [4.78, 5) is 0. The molecule has 2 aromatic carbocycles. The van der Waals surface area contributed by atoms with E-state index in [4.69, 9.17) is 0 Å². The van der Waals surface area contributed by atoms with E-state index < -0.39 is 6.04 Å². The molecule has 0 heterocycles. The molecule has 2 rings (SSSR count). The molecule has 20 heavy (non-hydrogen) atoms. The smallest absolute Gasteiger partial charge is 0.128 e. The number of nitrogens with one attached hydrogen (secondary N) is 1. The Balaban J connectivity index is 2.58. The molecular formula is C17H19F2N. The lowest BCUT2D eigenvalue weighted by atomic mass is 9.93. The van der Waals surface area contributed by atoms with Crippen LogP contribution in [0.25, 0.3) is 0 Å². The molecule has 0 spiro atoms. The lowest BCUT2D eigenvalue weighted by molar-refractivity contribution is 0.528. The first-order valence-corrected chi connectivity index (χ1v) is 6.79. The molecule has 0 aliphatic heterocycles. The third-order valence-corrected chi connectivity index (χ3v) is 3.39. The van der Waals surface area contributed by atoms with E-state index >= 15 is 0 Å². The molecule has 0 aliphatic carbocycles. The summed E-state index contributed by atoms with van der Waals surface area (Å²) in [6, 6.07) is 9.45. The normalized spacial score (nSPS) is 12.4. The third-order valence-electron chi connectivity index (χ3n) is 3.39. The Morgan fingerprint density at radius 3 is 2.35 bits per heavy atom. The largest absolute Gasteiger partial charge is 0.306 e. The highest BCUT2D eigenvalue weighted by atomic mass is 19.1. The van der Waals surface area contributed by atoms with E-state index in [0.29, 0.717) is 17.7 Å². The predicted octanol–water partition coefficient (Wildman–Crippen LogP) is 4.28. The highest BCUT2D eigenvalue weighted by Crippen LogP contribution is 2.29. The summed E-state index contributed by atoms with van der Waals surface area (Å²) < 4.78 is 28.4. The van der Waals surface area contributed by atoms with Gasteiger partial charge in [0.25, 0.3) is 0 Å². The predicted molar refractivity (Wildman–Crippen MR) is 77.8 cm³/mol. The van der Waals surface area contributed by atoms with Gasteiger partial charge < -0.3 is 5.32 Å². The molecule has 0 aromatic heterocycles. The summed E-state index contributed by atoms with van der Waals surface area (Å²) >= 11 is 0. The van der Waals surface area contributed by atoms with Gasteiger partial charge in [0.05, 0.1) is 6.04 Å². The van der Waals surface area contributed by atoms with E-state index in [9.17, 15) is 8.78 Å². The minimum absolute atomic E-state index is 0.295. The van der Waals surface area contributed by atoms with E-state index in [-0.39, 0.29) is 11.6 Å². The zero-order valence-electron chi connectivity index (χ0n) is 12.0. The fraction of sp³-hybridized carbons (Fsp3) is 0.294. The lowest BCUT2D eigenvalue weighted by Gasteiger charge is -2.22. The van der Waals surface area contributed by atoms with Crippen LogP contribution < -0.4 is 5.32 Å². The van der Waals surface area contributed by atoms with Crippen molar-refractivity contribution < 1.29 is 8.78 Å². The minimum atomic E-state index is -0.471. The van der Waals surface area contributed by atoms with Gasteiger partial charge in [-0.05, 0) is 43.7 Å². The Morgan fingerprint density at radius 1 is 1.05 bits per heavy atom. The van der Waals surface area contributed by atoms with E-state index in [1.807, 2.05) is 26.8 Å². The van der Waals surface area contributed by atoms with Crippen molar-refractivity contribution in [1.82, 2.24) is 5.32 Å². The van der Waals surface area contributed by atoms with Crippen molar-refractivity contribution in [3.63, 3.8) is 0 Å². The highest BCUT2D eigenvalue weighted by molar-refractivity contribution is 5.40. The van der Waals surface area contributed by atoms with Crippen LogP contribution in [0.3, 0.4) is 0 Å². The van der Waals surface area contributed by atoms with Crippen LogP contribution >= 0.6 is 0 Å². The molecule has 0 saturated heterocycles. The fourth-order valence-electron chi connectivity index (χ4n) is 2.57. The van der Waals surface area contributed by atoms with Gasteiger partial charge in [-0.2, -0.15) is 0 Å². The molecule has 106 valence electrons. The van der Waals surface area contributed by atoms with Gasteiger partial charge in [-0.15, -0.1) is 0 Å². The van der Waals surface area contributed by atoms with Crippen LogP contribution in [0.4, 0.5) is 8.78 Å². The fourth-order valence-corrected chi connectivity index (χ4v) is 2.57. The molecule has 0 radical (unpaired) electrons. The quantitative estimate of drug-likeness (QED) is 0.878. The molecule has 0 aliphatic rings. The van der Waals surface area contributed by atoms with Gasteiger partial charge >= 0.3 is 0 Å². The van der Waals surface area contributed by atoms with Crippen LogP contribution in [0, 0.1) is 25.5 Å². The molecule has 1 unspecified atom stereocenters. The first-order chi connectivity index (χ1) is 9.54. The minimum Gasteiger partial charge on any atom is -0.306 e. The second-order valence-electron chi connectivity index (χ2n) is 4.99. The van der Waals surface area contributed by atoms with Gasteiger partial charge in [-0.1, -0.05) is 31.2 Å². The Hall–Kier alpha value is -1.74. The molecule has 1 atom stereocenters. The Morgan fingerprint density at radius 2 is 1.75 bits per heavy atom. The zero-order valence-corrected chi connectivity index (χ0v) is 12.0. The van der Waals surface area contributed by atoms with Crippen LogP contribution in [0.5, 0.6) is 0 Å². The summed E-state index contributed by atoms with van der Waals surface area (Å²) in [5.41, 5.74) is 2.69. The average Bonchev–Trinajstić information content (AvgIpc) is 2.37. The number of aryl methyl sites for hydroxylation is 2. The van der Waals surface area contributed by atoms with Crippen molar-refractivity contribution in [3.05, 3.63) is 70.3 Å². The van der Waals surface area contributed by atoms with Crippen molar-refractivity contribution in [2.75, 3.05) is 6.54 Å². The number of benzene rings is 2. The standard InChI is InChI=1S/C17H19F2N/c1-4-20-17(13-7-5-6-8-14(13)18)16-12(3)9-11(2)10-15(16)19/h5-10,17,20H,4H2,1-3H3. The molecule has 1 nitrogen and oxygen atoms in total. The van der Waals surface area contributed by atoms with Crippen LogP contribution in [0.1, 0.15) is 35.2 Å². The lowest BCUT2D eigenvalue weighted by Crippen LogP contribution is -2.25. The maximum absolute atomic E-state index is 14.3. The first kappa shape index (κ1) is 14.7. The van der Waals surface area contributed by atoms with E-state index in [0.717, 1.165) is 11.1 Å². The summed E-state index contributed by atoms with van der Waals surface area (Å²) in [6.45, 7) is 6.27. The van der Waals surface area contributed by atoms with Gasteiger partial charge in [-0.25, -0.2) is 8.78 Å². The Labute approximate surface area is 118 Å². The zero-order chi connectivity index (χ0) is 14.7. The topological polar surface area (TPSA) is 12.0 Å². The average molecular weight is 275 g/mol. The molecular weight excluding hydrogens is 256 g/mol. The maximum atomic E-state index is 14.3. The van der Waals surface area contributed by atoms with Gasteiger partial charge in [-0.3, -0.25) is 0 Å². The van der Waals surface area contributed by atoms with Gasteiger partial charge in [0, 0.05) is 11.1 Å². The van der Waals surface area contributed by atoms with Gasteiger partial charge in [0.15, 0.2) is 0 Å². The molecule has 2 aromatic rings. The molecule has 0 fully saturated rings. The summed E-state index contributed by atoms with van der Waals surface area (Å²) in [6.07, 6.45) is 0.